The van der Waals surface area contributed by atoms with Crippen molar-refractivity contribution in [2.45, 2.75) is 13.0 Å². The molecule has 0 bridgehead atoms. The molecule has 1 atom stereocenters. The lowest BCUT2D eigenvalue weighted by Gasteiger charge is -2.15. The molecule has 110 valence electrons. The molecule has 0 aromatic heterocycles. The van der Waals surface area contributed by atoms with Crippen molar-refractivity contribution in [1.82, 2.24) is 0 Å². The molecule has 1 N–H and O–H groups in total. The molecule has 0 radical (unpaired) electrons. The fraction of sp³-hybridized carbons (Fsp3) is 0.133. The Morgan fingerprint density at radius 3 is 2.52 bits per heavy atom. The topological polar surface area (TPSA) is 38.3 Å². The van der Waals surface area contributed by atoms with Crippen LogP contribution in [0.3, 0.4) is 0 Å². The van der Waals surface area contributed by atoms with Crippen LogP contribution in [0.25, 0.3) is 0 Å². The van der Waals surface area contributed by atoms with Gasteiger partial charge in [0, 0.05) is 16.8 Å². The summed E-state index contributed by atoms with van der Waals surface area (Å²) in [6.45, 7) is 1.58. The van der Waals surface area contributed by atoms with Gasteiger partial charge >= 0.3 is 0 Å². The van der Waals surface area contributed by atoms with Crippen LogP contribution in [0.4, 0.5) is 10.1 Å². The Balaban J connectivity index is 2.02. The molecule has 0 heterocycles. The molecule has 0 aliphatic carbocycles. The zero-order chi connectivity index (χ0) is 15.4. The lowest BCUT2D eigenvalue weighted by molar-refractivity contribution is -0.122. The molecule has 2 rings (SSSR count). The number of nitrogens with one attached hydrogen (secondary N) is 1. The van der Waals surface area contributed by atoms with Gasteiger partial charge in [-0.15, -0.1) is 0 Å². The second kappa shape index (κ2) is 6.78. The first-order valence-corrected chi connectivity index (χ1v) is 6.89. The second-order valence-corrected chi connectivity index (χ2v) is 5.17. The molecule has 1 amide bonds. The van der Waals surface area contributed by atoms with E-state index < -0.39 is 6.10 Å². The van der Waals surface area contributed by atoms with E-state index >= 15 is 0 Å². The van der Waals surface area contributed by atoms with Crippen LogP contribution in [0.1, 0.15) is 6.92 Å². The highest BCUT2D eigenvalue weighted by Gasteiger charge is 2.16. The maximum absolute atomic E-state index is 12.8. The highest BCUT2D eigenvalue weighted by molar-refractivity contribution is 6.34. The lowest BCUT2D eigenvalue weighted by atomic mass is 10.3. The number of amides is 1. The number of carbonyl (C=O) groups is 1. The van der Waals surface area contributed by atoms with Crippen LogP contribution < -0.4 is 10.1 Å². The van der Waals surface area contributed by atoms with Gasteiger partial charge in [0.25, 0.3) is 5.91 Å². The van der Waals surface area contributed by atoms with Gasteiger partial charge in [-0.05, 0) is 43.3 Å². The van der Waals surface area contributed by atoms with Crippen LogP contribution in [0.15, 0.2) is 42.5 Å². The summed E-state index contributed by atoms with van der Waals surface area (Å²) >= 11 is 11.8. The quantitative estimate of drug-likeness (QED) is 0.895. The Bertz CT molecular complexity index is 647. The van der Waals surface area contributed by atoms with Gasteiger partial charge in [-0.25, -0.2) is 4.39 Å². The fourth-order valence-corrected chi connectivity index (χ4v) is 1.91. The van der Waals surface area contributed by atoms with E-state index in [2.05, 4.69) is 5.32 Å². The molecule has 21 heavy (non-hydrogen) atoms. The monoisotopic (exact) mass is 327 g/mol. The van der Waals surface area contributed by atoms with Gasteiger partial charge in [-0.1, -0.05) is 23.2 Å². The molecular weight excluding hydrogens is 316 g/mol. The van der Waals surface area contributed by atoms with E-state index in [9.17, 15) is 9.18 Å². The van der Waals surface area contributed by atoms with Crippen LogP contribution in [-0.4, -0.2) is 12.0 Å². The van der Waals surface area contributed by atoms with Crippen LogP contribution in [-0.2, 0) is 4.79 Å². The standard InChI is InChI=1S/C15H12Cl2FNO2/c1-9(21-14-8-10(16)2-7-13(14)17)15(20)19-12-5-3-11(18)4-6-12/h2-9H,1H3,(H,19,20)/t9-/m0/s1. The van der Waals surface area contributed by atoms with Crippen LogP contribution in [0.5, 0.6) is 5.75 Å². The molecule has 2 aromatic carbocycles. The third-order valence-electron chi connectivity index (χ3n) is 2.68. The van der Waals surface area contributed by atoms with E-state index in [1.54, 1.807) is 19.1 Å². The molecule has 6 heteroatoms. The number of hydrogen-bond acceptors (Lipinski definition) is 2. The summed E-state index contributed by atoms with van der Waals surface area (Å²) in [5.74, 6) is -0.424. The molecule has 0 spiro atoms. The number of halogens is 3. The van der Waals surface area contributed by atoms with Crippen LogP contribution in [0.2, 0.25) is 10.0 Å². The van der Waals surface area contributed by atoms with Crippen molar-refractivity contribution >= 4 is 34.8 Å². The minimum atomic E-state index is -0.786. The van der Waals surface area contributed by atoms with Crippen molar-refractivity contribution in [1.29, 1.82) is 0 Å². The minimum Gasteiger partial charge on any atom is -0.479 e. The van der Waals surface area contributed by atoms with Crippen molar-refractivity contribution in [3.05, 3.63) is 58.3 Å². The molecule has 0 aliphatic rings. The highest BCUT2D eigenvalue weighted by atomic mass is 35.5. The third kappa shape index (κ3) is 4.34. The van der Waals surface area contributed by atoms with Gasteiger partial charge in [0.05, 0.1) is 5.02 Å². The largest absolute Gasteiger partial charge is 0.479 e. The van der Waals surface area contributed by atoms with Gasteiger partial charge in [0.15, 0.2) is 6.10 Å². The maximum atomic E-state index is 12.8. The van der Waals surface area contributed by atoms with E-state index in [1.165, 1.54) is 30.3 Å². The van der Waals surface area contributed by atoms with Crippen molar-refractivity contribution < 1.29 is 13.9 Å². The molecule has 0 unspecified atom stereocenters. The average molecular weight is 328 g/mol. The zero-order valence-corrected chi connectivity index (χ0v) is 12.6. The van der Waals surface area contributed by atoms with E-state index in [0.29, 0.717) is 21.5 Å². The Morgan fingerprint density at radius 2 is 1.86 bits per heavy atom. The number of carbonyl (C=O) groups excluding carboxylic acids is 1. The molecule has 0 saturated heterocycles. The van der Waals surface area contributed by atoms with Gasteiger partial charge in [-0.2, -0.15) is 0 Å². The predicted molar refractivity (Wildman–Crippen MR) is 81.6 cm³/mol. The predicted octanol–water partition coefficient (Wildman–Crippen LogP) is 4.54. The van der Waals surface area contributed by atoms with Crippen molar-refractivity contribution in [2.75, 3.05) is 5.32 Å². The molecule has 0 aliphatic heterocycles. The number of hydrogen-bond donors (Lipinski definition) is 1. The van der Waals surface area contributed by atoms with Gasteiger partial charge < -0.3 is 10.1 Å². The van der Waals surface area contributed by atoms with Crippen molar-refractivity contribution in [3.8, 4) is 5.75 Å². The Hall–Kier alpha value is -1.78. The first-order valence-electron chi connectivity index (χ1n) is 6.14. The summed E-state index contributed by atoms with van der Waals surface area (Å²) in [7, 11) is 0. The number of benzene rings is 2. The molecular formula is C15H12Cl2FNO2. The molecule has 3 nitrogen and oxygen atoms in total. The van der Waals surface area contributed by atoms with Crippen molar-refractivity contribution in [2.24, 2.45) is 0 Å². The Morgan fingerprint density at radius 1 is 1.19 bits per heavy atom. The van der Waals surface area contributed by atoms with E-state index in [-0.39, 0.29) is 11.7 Å². The molecule has 0 saturated carbocycles. The molecule has 2 aromatic rings. The SMILES string of the molecule is C[C@H](Oc1cc(Cl)ccc1Cl)C(=O)Nc1ccc(F)cc1. The summed E-state index contributed by atoms with van der Waals surface area (Å²) in [6.07, 6.45) is -0.786. The number of rotatable bonds is 4. The van der Waals surface area contributed by atoms with Crippen LogP contribution >= 0.6 is 23.2 Å². The third-order valence-corrected chi connectivity index (χ3v) is 3.23. The van der Waals surface area contributed by atoms with E-state index in [0.717, 1.165) is 0 Å². The summed E-state index contributed by atoms with van der Waals surface area (Å²) in [6, 6.07) is 10.2. The van der Waals surface area contributed by atoms with E-state index in [4.69, 9.17) is 27.9 Å². The number of anilines is 1. The summed E-state index contributed by atoms with van der Waals surface area (Å²) < 4.78 is 18.3. The number of ether oxygens (including phenoxy) is 1. The fourth-order valence-electron chi connectivity index (χ4n) is 1.59. The first kappa shape index (κ1) is 15.6. The summed E-state index contributed by atoms with van der Waals surface area (Å²) in [5.41, 5.74) is 0.481. The van der Waals surface area contributed by atoms with Crippen LogP contribution in [0, 0.1) is 5.82 Å². The average Bonchev–Trinajstić information content (AvgIpc) is 2.45. The Kier molecular flexibility index (Phi) is 5.04. The smallest absolute Gasteiger partial charge is 0.265 e. The van der Waals surface area contributed by atoms with E-state index in [1.807, 2.05) is 0 Å². The Labute approximate surface area is 131 Å². The maximum Gasteiger partial charge on any atom is 0.265 e. The summed E-state index contributed by atoms with van der Waals surface area (Å²) in [5, 5.41) is 3.44. The second-order valence-electron chi connectivity index (χ2n) is 4.33. The first-order chi connectivity index (χ1) is 9.95. The zero-order valence-electron chi connectivity index (χ0n) is 11.1. The van der Waals surface area contributed by atoms with Gasteiger partial charge in [-0.3, -0.25) is 4.79 Å². The minimum absolute atomic E-state index is 0.325. The highest BCUT2D eigenvalue weighted by Crippen LogP contribution is 2.28. The van der Waals surface area contributed by atoms with Gasteiger partial charge in [0.1, 0.15) is 11.6 Å². The lowest BCUT2D eigenvalue weighted by Crippen LogP contribution is -2.30. The van der Waals surface area contributed by atoms with Crippen molar-refractivity contribution in [3.63, 3.8) is 0 Å². The normalized spacial score (nSPS) is 11.8. The van der Waals surface area contributed by atoms with Gasteiger partial charge in [0.2, 0.25) is 0 Å². The molecule has 0 fully saturated rings. The summed E-state index contributed by atoms with van der Waals surface area (Å²) in [4.78, 5) is 12.0.